The Labute approximate surface area is 150 Å². The monoisotopic (exact) mass is 346 g/mol. The maximum absolute atomic E-state index is 13.5. The van der Waals surface area contributed by atoms with E-state index in [1.54, 1.807) is 14.2 Å². The smallest absolute Gasteiger partial charge is 0.231 e. The van der Waals surface area contributed by atoms with Gasteiger partial charge in [0, 0.05) is 36.2 Å². The summed E-state index contributed by atoms with van der Waals surface area (Å²) < 4.78 is 11.0. The molecule has 1 N–H and O–H groups in total. The number of methoxy groups -OCH3 is 2. The van der Waals surface area contributed by atoms with Crippen LogP contribution in [0.25, 0.3) is 0 Å². The Bertz CT molecular complexity index is 645. The number of nitrogens with zero attached hydrogens (tertiary/aromatic N) is 1. The molecule has 0 saturated carbocycles. The van der Waals surface area contributed by atoms with Crippen LogP contribution >= 0.6 is 0 Å². The number of rotatable bonds is 3. The molecular formula is C20H30N2O3. The first-order valence-electron chi connectivity index (χ1n) is 9.08. The van der Waals surface area contributed by atoms with Gasteiger partial charge in [-0.15, -0.1) is 0 Å². The maximum Gasteiger partial charge on any atom is 0.231 e. The standard InChI is InChI=1S/C20H30N2O3/c1-19(2,3)22-12-16(20(18(22)23)9-6-10-21-13-20)15-8-7-14(24-4)11-17(15)25-5/h7-8,11,16,21H,6,9-10,12-13H2,1-5H3/t16-,20-/m1/s1. The van der Waals surface area contributed by atoms with Gasteiger partial charge in [-0.2, -0.15) is 0 Å². The molecule has 2 aliphatic heterocycles. The maximum atomic E-state index is 13.5. The van der Waals surface area contributed by atoms with E-state index in [1.165, 1.54) is 0 Å². The Hall–Kier alpha value is -1.75. The molecule has 3 rings (SSSR count). The first-order chi connectivity index (χ1) is 11.8. The quantitative estimate of drug-likeness (QED) is 0.914. The fourth-order valence-electron chi connectivity index (χ4n) is 4.35. The number of likely N-dealkylation sites (tertiary alicyclic amines) is 1. The molecule has 0 bridgehead atoms. The predicted octanol–water partition coefficient (Wildman–Crippen LogP) is 2.80. The molecule has 2 fully saturated rings. The number of amides is 1. The minimum atomic E-state index is -0.382. The van der Waals surface area contributed by atoms with Gasteiger partial charge < -0.3 is 19.7 Å². The molecule has 0 unspecified atom stereocenters. The van der Waals surface area contributed by atoms with Crippen LogP contribution in [-0.2, 0) is 4.79 Å². The SMILES string of the molecule is COc1ccc([C@H]2CN(C(C)(C)C)C(=O)[C@@]23CCCNC3)c(OC)c1. The van der Waals surface area contributed by atoms with Crippen LogP contribution in [0.1, 0.15) is 45.1 Å². The lowest BCUT2D eigenvalue weighted by Crippen LogP contribution is -2.50. The van der Waals surface area contributed by atoms with Gasteiger partial charge >= 0.3 is 0 Å². The van der Waals surface area contributed by atoms with Gasteiger partial charge in [0.1, 0.15) is 11.5 Å². The molecule has 2 atom stereocenters. The summed E-state index contributed by atoms with van der Waals surface area (Å²) >= 11 is 0. The van der Waals surface area contributed by atoms with Crippen LogP contribution in [0.3, 0.4) is 0 Å². The zero-order valence-electron chi connectivity index (χ0n) is 16.0. The third kappa shape index (κ3) is 2.99. The number of hydrogen-bond acceptors (Lipinski definition) is 4. The molecule has 5 nitrogen and oxygen atoms in total. The third-order valence-corrected chi connectivity index (χ3v) is 5.75. The Morgan fingerprint density at radius 1 is 1.24 bits per heavy atom. The largest absolute Gasteiger partial charge is 0.497 e. The van der Waals surface area contributed by atoms with Crippen molar-refractivity contribution in [3.8, 4) is 11.5 Å². The third-order valence-electron chi connectivity index (χ3n) is 5.75. The average Bonchev–Trinajstić information content (AvgIpc) is 2.87. The number of piperidine rings is 1. The van der Waals surface area contributed by atoms with E-state index < -0.39 is 0 Å². The molecule has 1 amide bonds. The van der Waals surface area contributed by atoms with Crippen molar-refractivity contribution in [2.24, 2.45) is 5.41 Å². The molecule has 2 saturated heterocycles. The molecule has 0 aliphatic carbocycles. The van der Waals surface area contributed by atoms with E-state index in [1.807, 2.05) is 17.0 Å². The summed E-state index contributed by atoms with van der Waals surface area (Å²) in [6, 6.07) is 5.95. The minimum absolute atomic E-state index is 0.118. The number of benzene rings is 1. The van der Waals surface area contributed by atoms with Gasteiger partial charge in [0.2, 0.25) is 5.91 Å². The Kier molecular flexibility index (Phi) is 4.71. The van der Waals surface area contributed by atoms with E-state index >= 15 is 0 Å². The highest BCUT2D eigenvalue weighted by Gasteiger charge is 2.57. The lowest BCUT2D eigenvalue weighted by atomic mass is 9.69. The fourth-order valence-corrected chi connectivity index (χ4v) is 4.35. The molecular weight excluding hydrogens is 316 g/mol. The normalized spacial score (nSPS) is 27.0. The molecule has 25 heavy (non-hydrogen) atoms. The summed E-state index contributed by atoms with van der Waals surface area (Å²) in [5, 5.41) is 3.47. The molecule has 0 radical (unpaired) electrons. The van der Waals surface area contributed by atoms with Crippen LogP contribution in [0.5, 0.6) is 11.5 Å². The molecule has 5 heteroatoms. The topological polar surface area (TPSA) is 50.8 Å². The number of carbonyl (C=O) groups is 1. The van der Waals surface area contributed by atoms with Crippen molar-refractivity contribution >= 4 is 5.91 Å². The highest BCUT2D eigenvalue weighted by Crippen LogP contribution is 2.51. The Morgan fingerprint density at radius 2 is 2.00 bits per heavy atom. The molecule has 1 aromatic carbocycles. The first-order valence-corrected chi connectivity index (χ1v) is 9.08. The van der Waals surface area contributed by atoms with Crippen molar-refractivity contribution in [2.75, 3.05) is 33.9 Å². The van der Waals surface area contributed by atoms with Crippen LogP contribution in [-0.4, -0.2) is 50.2 Å². The van der Waals surface area contributed by atoms with Crippen LogP contribution < -0.4 is 14.8 Å². The van der Waals surface area contributed by atoms with Gasteiger partial charge in [0.15, 0.2) is 0 Å². The van der Waals surface area contributed by atoms with Gasteiger partial charge in [0.05, 0.1) is 19.6 Å². The van der Waals surface area contributed by atoms with Crippen LogP contribution in [0.4, 0.5) is 0 Å². The number of carbonyl (C=O) groups excluding carboxylic acids is 1. The summed E-state index contributed by atoms with van der Waals surface area (Å²) in [6.45, 7) is 8.79. The second kappa shape index (κ2) is 6.52. The minimum Gasteiger partial charge on any atom is -0.497 e. The van der Waals surface area contributed by atoms with E-state index in [0.717, 1.165) is 49.5 Å². The van der Waals surface area contributed by atoms with Crippen LogP contribution in [0.2, 0.25) is 0 Å². The number of nitrogens with one attached hydrogen (secondary N) is 1. The van der Waals surface area contributed by atoms with Gasteiger partial charge in [-0.3, -0.25) is 4.79 Å². The summed E-state index contributed by atoms with van der Waals surface area (Å²) in [5.41, 5.74) is 0.538. The van der Waals surface area contributed by atoms with E-state index in [9.17, 15) is 4.79 Å². The van der Waals surface area contributed by atoms with E-state index in [2.05, 4.69) is 32.2 Å². The molecule has 2 heterocycles. The summed E-state index contributed by atoms with van der Waals surface area (Å²) in [5.74, 6) is 1.97. The first kappa shape index (κ1) is 18.1. The zero-order chi connectivity index (χ0) is 18.2. The van der Waals surface area contributed by atoms with E-state index in [-0.39, 0.29) is 22.8 Å². The van der Waals surface area contributed by atoms with Crippen molar-refractivity contribution in [3.05, 3.63) is 23.8 Å². The van der Waals surface area contributed by atoms with Crippen molar-refractivity contribution in [1.82, 2.24) is 10.2 Å². The van der Waals surface area contributed by atoms with Gasteiger partial charge in [-0.25, -0.2) is 0 Å². The van der Waals surface area contributed by atoms with Crippen molar-refractivity contribution in [1.29, 1.82) is 0 Å². The zero-order valence-corrected chi connectivity index (χ0v) is 16.0. The molecule has 1 spiro atoms. The number of hydrogen-bond donors (Lipinski definition) is 1. The molecule has 0 aromatic heterocycles. The molecule has 2 aliphatic rings. The van der Waals surface area contributed by atoms with Crippen molar-refractivity contribution in [3.63, 3.8) is 0 Å². The van der Waals surface area contributed by atoms with Crippen molar-refractivity contribution in [2.45, 2.75) is 45.1 Å². The average molecular weight is 346 g/mol. The summed E-state index contributed by atoms with van der Waals surface area (Å²) in [4.78, 5) is 15.5. The van der Waals surface area contributed by atoms with Crippen molar-refractivity contribution < 1.29 is 14.3 Å². The van der Waals surface area contributed by atoms with Crippen LogP contribution in [0.15, 0.2) is 18.2 Å². The summed E-state index contributed by atoms with van der Waals surface area (Å²) in [6.07, 6.45) is 1.95. The molecule has 138 valence electrons. The predicted molar refractivity (Wildman–Crippen MR) is 98.3 cm³/mol. The highest BCUT2D eigenvalue weighted by molar-refractivity contribution is 5.88. The number of ether oxygens (including phenoxy) is 2. The Balaban J connectivity index is 2.08. The van der Waals surface area contributed by atoms with Crippen LogP contribution in [0, 0.1) is 5.41 Å². The van der Waals surface area contributed by atoms with Gasteiger partial charge in [-0.1, -0.05) is 6.07 Å². The van der Waals surface area contributed by atoms with Gasteiger partial charge in [-0.05, 0) is 46.2 Å². The second-order valence-corrected chi connectivity index (χ2v) is 8.18. The summed E-state index contributed by atoms with van der Waals surface area (Å²) in [7, 11) is 3.34. The lowest BCUT2D eigenvalue weighted by molar-refractivity contribution is -0.141. The highest BCUT2D eigenvalue weighted by atomic mass is 16.5. The van der Waals surface area contributed by atoms with Gasteiger partial charge in [0.25, 0.3) is 0 Å². The van der Waals surface area contributed by atoms with E-state index in [0.29, 0.717) is 0 Å². The van der Waals surface area contributed by atoms with E-state index in [4.69, 9.17) is 9.47 Å². The fraction of sp³-hybridized carbons (Fsp3) is 0.650. The Morgan fingerprint density at radius 3 is 2.56 bits per heavy atom. The molecule has 1 aromatic rings. The second-order valence-electron chi connectivity index (χ2n) is 8.18. The lowest BCUT2D eigenvalue weighted by Gasteiger charge is -2.38.